The van der Waals surface area contributed by atoms with Gasteiger partial charge in [0.2, 0.25) is 0 Å². The zero-order valence-corrected chi connectivity index (χ0v) is 11.7. The molecule has 108 valence electrons. The van der Waals surface area contributed by atoms with Crippen LogP contribution in [0, 0.1) is 5.92 Å². The maximum absolute atomic E-state index is 9.87. The second kappa shape index (κ2) is 8.89. The van der Waals surface area contributed by atoms with Crippen LogP contribution in [0.25, 0.3) is 0 Å². The van der Waals surface area contributed by atoms with E-state index in [-0.39, 0.29) is 5.92 Å². The van der Waals surface area contributed by atoms with Gasteiger partial charge >= 0.3 is 0 Å². The van der Waals surface area contributed by atoms with E-state index in [1.165, 1.54) is 38.5 Å². The number of aliphatic hydroxyl groups excluding tert-OH is 3. The lowest BCUT2D eigenvalue weighted by atomic mass is 9.80. The van der Waals surface area contributed by atoms with Crippen LogP contribution in [0.15, 0.2) is 0 Å². The van der Waals surface area contributed by atoms with Crippen molar-refractivity contribution in [1.29, 1.82) is 0 Å². The lowest BCUT2D eigenvalue weighted by Crippen LogP contribution is -2.46. The smallest absolute Gasteiger partial charge is 0.106 e. The molecule has 0 radical (unpaired) electrons. The quantitative estimate of drug-likeness (QED) is 0.587. The molecule has 18 heavy (non-hydrogen) atoms. The maximum atomic E-state index is 9.87. The van der Waals surface area contributed by atoms with Gasteiger partial charge in [0.25, 0.3) is 0 Å². The van der Waals surface area contributed by atoms with Gasteiger partial charge < -0.3 is 15.3 Å². The first-order valence-corrected chi connectivity index (χ1v) is 7.71. The van der Waals surface area contributed by atoms with Gasteiger partial charge in [-0.2, -0.15) is 0 Å². The van der Waals surface area contributed by atoms with E-state index in [9.17, 15) is 15.3 Å². The maximum Gasteiger partial charge on any atom is 0.106 e. The molecule has 0 aromatic carbocycles. The van der Waals surface area contributed by atoms with E-state index >= 15 is 0 Å². The van der Waals surface area contributed by atoms with Gasteiger partial charge in [-0.1, -0.05) is 51.9 Å². The van der Waals surface area contributed by atoms with Crippen LogP contribution in [0.4, 0.5) is 0 Å². The van der Waals surface area contributed by atoms with Gasteiger partial charge in [-0.3, -0.25) is 0 Å². The molecule has 1 fully saturated rings. The Morgan fingerprint density at radius 1 is 0.778 bits per heavy atom. The van der Waals surface area contributed by atoms with E-state index in [4.69, 9.17) is 0 Å². The lowest BCUT2D eigenvalue weighted by Gasteiger charge is -2.35. The van der Waals surface area contributed by atoms with E-state index < -0.39 is 18.3 Å². The SMILES string of the molecule is CCCCCCCCC[C@H]1CC[C@@H](O)[C@H](O)[C@H]1O. The molecule has 0 aromatic heterocycles. The Labute approximate surface area is 111 Å². The lowest BCUT2D eigenvalue weighted by molar-refractivity contribution is -0.111. The Balaban J connectivity index is 2.05. The fourth-order valence-corrected chi connectivity index (χ4v) is 2.91. The third kappa shape index (κ3) is 5.25. The molecule has 3 N–H and O–H groups in total. The molecular weight excluding hydrogens is 228 g/mol. The Bertz CT molecular complexity index is 208. The molecule has 4 atom stereocenters. The molecule has 0 aromatic rings. The highest BCUT2D eigenvalue weighted by atomic mass is 16.4. The Morgan fingerprint density at radius 3 is 2.06 bits per heavy atom. The highest BCUT2D eigenvalue weighted by Crippen LogP contribution is 2.29. The molecule has 0 amide bonds. The number of rotatable bonds is 8. The van der Waals surface area contributed by atoms with Crippen LogP contribution >= 0.6 is 0 Å². The van der Waals surface area contributed by atoms with Crippen molar-refractivity contribution in [2.45, 2.75) is 89.4 Å². The normalized spacial score (nSPS) is 32.7. The van der Waals surface area contributed by atoms with Gasteiger partial charge in [-0.15, -0.1) is 0 Å². The summed E-state index contributed by atoms with van der Waals surface area (Å²) in [6.07, 6.45) is 8.99. The molecule has 0 bridgehead atoms. The number of unbranched alkanes of at least 4 members (excludes halogenated alkanes) is 6. The van der Waals surface area contributed by atoms with Crippen molar-refractivity contribution in [2.75, 3.05) is 0 Å². The average molecular weight is 258 g/mol. The minimum absolute atomic E-state index is 0.180. The fourth-order valence-electron chi connectivity index (χ4n) is 2.91. The zero-order chi connectivity index (χ0) is 13.4. The van der Waals surface area contributed by atoms with Crippen LogP contribution in [0.2, 0.25) is 0 Å². The van der Waals surface area contributed by atoms with Gasteiger partial charge in [-0.25, -0.2) is 0 Å². The first kappa shape index (κ1) is 15.9. The third-order valence-corrected chi connectivity index (χ3v) is 4.24. The summed E-state index contributed by atoms with van der Waals surface area (Å²) in [5, 5.41) is 28.9. The molecule has 0 heterocycles. The average Bonchev–Trinajstić information content (AvgIpc) is 2.37. The Kier molecular flexibility index (Phi) is 7.87. The molecule has 0 spiro atoms. The highest BCUT2D eigenvalue weighted by Gasteiger charge is 2.35. The molecular formula is C15H30O3. The Morgan fingerprint density at radius 2 is 1.39 bits per heavy atom. The van der Waals surface area contributed by atoms with E-state index in [1.807, 2.05) is 0 Å². The summed E-state index contributed by atoms with van der Waals surface area (Å²) in [7, 11) is 0. The Hall–Kier alpha value is -0.120. The summed E-state index contributed by atoms with van der Waals surface area (Å²) in [5.41, 5.74) is 0. The van der Waals surface area contributed by atoms with Crippen LogP contribution in [0.3, 0.4) is 0 Å². The monoisotopic (exact) mass is 258 g/mol. The van der Waals surface area contributed by atoms with Crippen molar-refractivity contribution in [2.24, 2.45) is 5.92 Å². The predicted molar refractivity (Wildman–Crippen MR) is 73.4 cm³/mol. The molecule has 0 saturated heterocycles. The van der Waals surface area contributed by atoms with Crippen molar-refractivity contribution < 1.29 is 15.3 Å². The topological polar surface area (TPSA) is 60.7 Å². The van der Waals surface area contributed by atoms with Crippen molar-refractivity contribution in [3.63, 3.8) is 0 Å². The molecule has 3 heteroatoms. The van der Waals surface area contributed by atoms with Crippen LogP contribution < -0.4 is 0 Å². The van der Waals surface area contributed by atoms with E-state index in [0.717, 1.165) is 19.3 Å². The zero-order valence-electron chi connectivity index (χ0n) is 11.7. The number of hydrogen-bond donors (Lipinski definition) is 3. The molecule has 0 aliphatic heterocycles. The highest BCUT2D eigenvalue weighted by molar-refractivity contribution is 4.86. The van der Waals surface area contributed by atoms with Gasteiger partial charge in [0.05, 0.1) is 12.2 Å². The first-order valence-electron chi connectivity index (χ1n) is 7.71. The summed E-state index contributed by atoms with van der Waals surface area (Å²) in [5.74, 6) is 0.180. The molecule has 3 nitrogen and oxygen atoms in total. The van der Waals surface area contributed by atoms with E-state index in [2.05, 4.69) is 6.92 Å². The number of aliphatic hydroxyl groups is 3. The largest absolute Gasteiger partial charge is 0.390 e. The van der Waals surface area contributed by atoms with Gasteiger partial charge in [-0.05, 0) is 25.2 Å². The van der Waals surface area contributed by atoms with Crippen molar-refractivity contribution in [3.8, 4) is 0 Å². The molecule has 0 unspecified atom stereocenters. The molecule has 1 aliphatic carbocycles. The van der Waals surface area contributed by atoms with E-state index in [0.29, 0.717) is 6.42 Å². The molecule has 1 saturated carbocycles. The van der Waals surface area contributed by atoms with Crippen LogP contribution in [0.5, 0.6) is 0 Å². The van der Waals surface area contributed by atoms with Crippen LogP contribution in [0.1, 0.15) is 71.1 Å². The van der Waals surface area contributed by atoms with Crippen LogP contribution in [-0.2, 0) is 0 Å². The van der Waals surface area contributed by atoms with E-state index in [1.54, 1.807) is 0 Å². The van der Waals surface area contributed by atoms with Gasteiger partial charge in [0, 0.05) is 0 Å². The first-order chi connectivity index (χ1) is 8.66. The van der Waals surface area contributed by atoms with Gasteiger partial charge in [0.1, 0.15) is 6.10 Å². The summed E-state index contributed by atoms with van der Waals surface area (Å²) in [4.78, 5) is 0. The van der Waals surface area contributed by atoms with Crippen molar-refractivity contribution in [1.82, 2.24) is 0 Å². The molecule has 1 aliphatic rings. The predicted octanol–water partition coefficient (Wildman–Crippen LogP) is 2.62. The number of hydrogen-bond acceptors (Lipinski definition) is 3. The summed E-state index contributed by atoms with van der Waals surface area (Å²) >= 11 is 0. The van der Waals surface area contributed by atoms with Crippen molar-refractivity contribution >= 4 is 0 Å². The summed E-state index contributed by atoms with van der Waals surface area (Å²) < 4.78 is 0. The second-order valence-electron chi connectivity index (χ2n) is 5.80. The standard InChI is InChI=1S/C15H30O3/c1-2-3-4-5-6-7-8-9-12-10-11-13(16)15(18)14(12)17/h12-18H,2-11H2,1H3/t12-,13+,14-,15-/m0/s1. The summed E-state index contributed by atoms with van der Waals surface area (Å²) in [6, 6.07) is 0. The minimum atomic E-state index is -0.937. The second-order valence-corrected chi connectivity index (χ2v) is 5.80. The third-order valence-electron chi connectivity index (χ3n) is 4.24. The van der Waals surface area contributed by atoms with Crippen LogP contribution in [-0.4, -0.2) is 33.6 Å². The molecule has 1 rings (SSSR count). The summed E-state index contributed by atoms with van der Waals surface area (Å²) in [6.45, 7) is 2.23. The van der Waals surface area contributed by atoms with Gasteiger partial charge in [0.15, 0.2) is 0 Å². The minimum Gasteiger partial charge on any atom is -0.390 e. The van der Waals surface area contributed by atoms with Crippen molar-refractivity contribution in [3.05, 3.63) is 0 Å². The fraction of sp³-hybridized carbons (Fsp3) is 1.00.